The molecule has 0 amide bonds. The normalized spacial score (nSPS) is 41.1. The Balaban J connectivity index is 2.41. The van der Waals surface area contributed by atoms with Gasteiger partial charge < -0.3 is 10.2 Å². The number of hydrogen-bond donors (Lipinski definition) is 2. The summed E-state index contributed by atoms with van der Waals surface area (Å²) in [7, 11) is 0. The largest absolute Gasteiger partial charge is 0.390 e. The quantitative estimate of drug-likeness (QED) is 0.570. The van der Waals surface area contributed by atoms with Crippen molar-refractivity contribution in [3.8, 4) is 0 Å². The number of aliphatic hydroxyl groups is 2. The van der Waals surface area contributed by atoms with E-state index in [1.807, 2.05) is 0 Å². The first kappa shape index (κ1) is 8.02. The van der Waals surface area contributed by atoms with Gasteiger partial charge in [-0.15, -0.1) is 0 Å². The van der Waals surface area contributed by atoms with Crippen LogP contribution in [0.4, 0.5) is 0 Å². The molecule has 0 saturated heterocycles. The molecule has 0 aromatic carbocycles. The van der Waals surface area contributed by atoms with Crippen LogP contribution in [0.1, 0.15) is 26.7 Å². The van der Waals surface area contributed by atoms with Gasteiger partial charge in [-0.2, -0.15) is 0 Å². The van der Waals surface area contributed by atoms with E-state index < -0.39 is 12.2 Å². The molecule has 0 aliphatic heterocycles. The number of hydrogen-bond acceptors (Lipinski definition) is 2. The van der Waals surface area contributed by atoms with E-state index >= 15 is 0 Å². The molecule has 0 radical (unpaired) electrons. The van der Waals surface area contributed by atoms with E-state index in [1.165, 1.54) is 0 Å². The average molecular weight is 144 g/mol. The van der Waals surface area contributed by atoms with Crippen molar-refractivity contribution in [2.45, 2.75) is 38.9 Å². The van der Waals surface area contributed by atoms with Gasteiger partial charge in [0, 0.05) is 0 Å². The van der Waals surface area contributed by atoms with Crippen LogP contribution in [0.5, 0.6) is 0 Å². The maximum absolute atomic E-state index is 9.17. The molecule has 3 atom stereocenters. The standard InChI is InChI=1S/C8H16O2/c1-5(2)6-3-7(9)8(10)4-6/h5-10H,3-4H2,1-2H3/t6-,7-,8+. The van der Waals surface area contributed by atoms with Crippen LogP contribution in [-0.2, 0) is 0 Å². The second-order valence-electron chi connectivity index (χ2n) is 3.61. The van der Waals surface area contributed by atoms with Crippen molar-refractivity contribution in [3.05, 3.63) is 0 Å². The average Bonchev–Trinajstić information content (AvgIpc) is 2.13. The molecule has 60 valence electrons. The van der Waals surface area contributed by atoms with E-state index in [-0.39, 0.29) is 0 Å². The first-order chi connectivity index (χ1) is 4.61. The number of rotatable bonds is 1. The Bertz CT molecular complexity index is 102. The Labute approximate surface area is 61.9 Å². The van der Waals surface area contributed by atoms with E-state index in [0.717, 1.165) is 12.8 Å². The molecular weight excluding hydrogens is 128 g/mol. The maximum Gasteiger partial charge on any atom is 0.0802 e. The van der Waals surface area contributed by atoms with Crippen molar-refractivity contribution < 1.29 is 10.2 Å². The van der Waals surface area contributed by atoms with Gasteiger partial charge in [-0.3, -0.25) is 0 Å². The summed E-state index contributed by atoms with van der Waals surface area (Å²) in [5.74, 6) is 1.11. The molecule has 0 unspecified atom stereocenters. The molecule has 2 heteroatoms. The van der Waals surface area contributed by atoms with Gasteiger partial charge in [-0.25, -0.2) is 0 Å². The van der Waals surface area contributed by atoms with Gasteiger partial charge in [0.2, 0.25) is 0 Å². The topological polar surface area (TPSA) is 40.5 Å². The molecule has 2 nitrogen and oxygen atoms in total. The third kappa shape index (κ3) is 1.50. The van der Waals surface area contributed by atoms with Gasteiger partial charge in [-0.05, 0) is 24.7 Å². The molecule has 2 N–H and O–H groups in total. The third-order valence-electron chi connectivity index (χ3n) is 2.48. The highest BCUT2D eigenvalue weighted by atomic mass is 16.3. The van der Waals surface area contributed by atoms with Crippen molar-refractivity contribution in [1.82, 2.24) is 0 Å². The Morgan fingerprint density at radius 3 is 1.70 bits per heavy atom. The minimum absolute atomic E-state index is 0.465. The number of aliphatic hydroxyl groups excluding tert-OH is 2. The fourth-order valence-corrected chi connectivity index (χ4v) is 1.58. The van der Waals surface area contributed by atoms with Gasteiger partial charge in [0.15, 0.2) is 0 Å². The Hall–Kier alpha value is -0.0800. The first-order valence-corrected chi connectivity index (χ1v) is 3.97. The van der Waals surface area contributed by atoms with Gasteiger partial charge in [-0.1, -0.05) is 13.8 Å². The Morgan fingerprint density at radius 1 is 1.10 bits per heavy atom. The molecule has 1 fully saturated rings. The zero-order valence-corrected chi connectivity index (χ0v) is 6.62. The zero-order valence-electron chi connectivity index (χ0n) is 6.62. The second-order valence-corrected chi connectivity index (χ2v) is 3.61. The minimum atomic E-state index is -0.465. The molecule has 0 aromatic rings. The molecular formula is C8H16O2. The van der Waals surface area contributed by atoms with Gasteiger partial charge in [0.25, 0.3) is 0 Å². The predicted octanol–water partition coefficient (Wildman–Crippen LogP) is 0.774. The summed E-state index contributed by atoms with van der Waals surface area (Å²) in [6.07, 6.45) is 0.622. The van der Waals surface area contributed by atoms with Crippen LogP contribution in [0.15, 0.2) is 0 Å². The van der Waals surface area contributed by atoms with Crippen LogP contribution in [-0.4, -0.2) is 22.4 Å². The lowest BCUT2D eigenvalue weighted by atomic mass is 9.94. The van der Waals surface area contributed by atoms with Gasteiger partial charge in [0.1, 0.15) is 0 Å². The zero-order chi connectivity index (χ0) is 7.72. The lowest BCUT2D eigenvalue weighted by molar-refractivity contribution is 0.0438. The lowest BCUT2D eigenvalue weighted by Gasteiger charge is -2.11. The van der Waals surface area contributed by atoms with Crippen LogP contribution in [0.25, 0.3) is 0 Å². The fourth-order valence-electron chi connectivity index (χ4n) is 1.58. The Kier molecular flexibility index (Phi) is 2.32. The molecule has 1 aliphatic rings. The minimum Gasteiger partial charge on any atom is -0.390 e. The van der Waals surface area contributed by atoms with Crippen LogP contribution in [0.3, 0.4) is 0 Å². The molecule has 0 bridgehead atoms. The van der Waals surface area contributed by atoms with E-state index in [0.29, 0.717) is 11.8 Å². The van der Waals surface area contributed by atoms with Crippen molar-refractivity contribution in [1.29, 1.82) is 0 Å². The maximum atomic E-state index is 9.17. The molecule has 10 heavy (non-hydrogen) atoms. The summed E-state index contributed by atoms with van der Waals surface area (Å²) in [6.45, 7) is 4.27. The summed E-state index contributed by atoms with van der Waals surface area (Å²) in [4.78, 5) is 0. The van der Waals surface area contributed by atoms with E-state index in [1.54, 1.807) is 0 Å². The van der Waals surface area contributed by atoms with Gasteiger partial charge in [0.05, 0.1) is 12.2 Å². The SMILES string of the molecule is CC(C)[C@@H]1C[C@@H](O)[C@@H](O)C1. The summed E-state index contributed by atoms with van der Waals surface area (Å²) in [5, 5.41) is 18.3. The van der Waals surface area contributed by atoms with Crippen LogP contribution >= 0.6 is 0 Å². The highest BCUT2D eigenvalue weighted by molar-refractivity contribution is 4.83. The molecule has 0 heterocycles. The van der Waals surface area contributed by atoms with Crippen LogP contribution in [0, 0.1) is 11.8 Å². The van der Waals surface area contributed by atoms with Crippen molar-refractivity contribution >= 4 is 0 Å². The Morgan fingerprint density at radius 2 is 1.50 bits per heavy atom. The van der Waals surface area contributed by atoms with Crippen LogP contribution < -0.4 is 0 Å². The van der Waals surface area contributed by atoms with Crippen LogP contribution in [0.2, 0.25) is 0 Å². The molecule has 1 rings (SSSR count). The van der Waals surface area contributed by atoms with E-state index in [4.69, 9.17) is 10.2 Å². The highest BCUT2D eigenvalue weighted by Crippen LogP contribution is 2.31. The van der Waals surface area contributed by atoms with E-state index in [2.05, 4.69) is 13.8 Å². The monoisotopic (exact) mass is 144 g/mol. The molecule has 0 aromatic heterocycles. The molecule has 1 saturated carbocycles. The molecule has 0 spiro atoms. The van der Waals surface area contributed by atoms with Crippen molar-refractivity contribution in [3.63, 3.8) is 0 Å². The summed E-state index contributed by atoms with van der Waals surface area (Å²) < 4.78 is 0. The van der Waals surface area contributed by atoms with Crippen molar-refractivity contribution in [2.75, 3.05) is 0 Å². The fraction of sp³-hybridized carbons (Fsp3) is 1.00. The highest BCUT2D eigenvalue weighted by Gasteiger charge is 2.32. The lowest BCUT2D eigenvalue weighted by Crippen LogP contribution is -2.17. The first-order valence-electron chi connectivity index (χ1n) is 3.97. The van der Waals surface area contributed by atoms with E-state index in [9.17, 15) is 0 Å². The summed E-state index contributed by atoms with van der Waals surface area (Å²) in [6, 6.07) is 0. The second kappa shape index (κ2) is 2.89. The summed E-state index contributed by atoms with van der Waals surface area (Å²) in [5.41, 5.74) is 0. The van der Waals surface area contributed by atoms with Gasteiger partial charge >= 0.3 is 0 Å². The smallest absolute Gasteiger partial charge is 0.0802 e. The summed E-state index contributed by atoms with van der Waals surface area (Å²) >= 11 is 0. The predicted molar refractivity (Wildman–Crippen MR) is 39.6 cm³/mol. The van der Waals surface area contributed by atoms with Crippen molar-refractivity contribution in [2.24, 2.45) is 11.8 Å². The molecule has 1 aliphatic carbocycles. The third-order valence-corrected chi connectivity index (χ3v) is 2.48.